The van der Waals surface area contributed by atoms with E-state index < -0.39 is 17.0 Å². The zero-order valence-corrected chi connectivity index (χ0v) is 13.7. The van der Waals surface area contributed by atoms with Crippen LogP contribution in [0.1, 0.15) is 46.1 Å². The van der Waals surface area contributed by atoms with Gasteiger partial charge in [-0.15, -0.1) is 5.06 Å². The molecule has 0 unspecified atom stereocenters. The summed E-state index contributed by atoms with van der Waals surface area (Å²) in [7, 11) is 0. The molecule has 0 aliphatic carbocycles. The zero-order chi connectivity index (χ0) is 16.4. The molecule has 1 aromatic carbocycles. The highest BCUT2D eigenvalue weighted by molar-refractivity contribution is 5.86. The number of hydroxylamine groups is 2. The van der Waals surface area contributed by atoms with Crippen LogP contribution in [-0.4, -0.2) is 33.3 Å². The van der Waals surface area contributed by atoms with Crippen LogP contribution in [0.3, 0.4) is 0 Å². The molecular formula is C18H25NO3. The number of carbonyl (C=O) groups is 1. The Hall–Kier alpha value is -1.65. The van der Waals surface area contributed by atoms with E-state index in [1.165, 1.54) is 6.08 Å². The molecule has 2 rings (SSSR count). The molecule has 1 aromatic rings. The second-order valence-corrected chi connectivity index (χ2v) is 7.14. The summed E-state index contributed by atoms with van der Waals surface area (Å²) in [6, 6.07) is 9.62. The van der Waals surface area contributed by atoms with Gasteiger partial charge in [0.25, 0.3) is 0 Å². The third-order valence-corrected chi connectivity index (χ3v) is 3.96. The highest BCUT2D eigenvalue weighted by Crippen LogP contribution is 2.38. The molecule has 1 heterocycles. The first-order valence-corrected chi connectivity index (χ1v) is 7.64. The molecule has 0 bridgehead atoms. The fourth-order valence-electron chi connectivity index (χ4n) is 3.31. The molecule has 1 aliphatic heterocycles. The van der Waals surface area contributed by atoms with Crippen LogP contribution in [0.15, 0.2) is 36.4 Å². The third kappa shape index (κ3) is 3.96. The van der Waals surface area contributed by atoms with Gasteiger partial charge in [-0.25, -0.2) is 4.79 Å². The lowest BCUT2D eigenvalue weighted by atomic mass is 9.80. The van der Waals surface area contributed by atoms with Crippen LogP contribution in [-0.2, 0) is 9.63 Å². The maximum absolute atomic E-state index is 12.1. The first-order chi connectivity index (χ1) is 10.2. The molecule has 4 heteroatoms. The predicted molar refractivity (Wildman–Crippen MR) is 86.8 cm³/mol. The van der Waals surface area contributed by atoms with E-state index >= 15 is 0 Å². The maximum Gasteiger partial charge on any atom is 0.349 e. The standard InChI is InChI=1S/C18H25NO3/c1-17(2)12-15(20)13-18(3,4)19(17)22-16(21)11-10-14-8-6-5-7-9-14/h5-11,15,20H,12-13H2,1-4H3/b11-10+. The van der Waals surface area contributed by atoms with E-state index in [1.807, 2.05) is 58.0 Å². The second kappa shape index (κ2) is 6.23. The van der Waals surface area contributed by atoms with Gasteiger partial charge >= 0.3 is 5.97 Å². The molecule has 1 aliphatic rings. The minimum absolute atomic E-state index is 0.375. The van der Waals surface area contributed by atoms with Crippen molar-refractivity contribution in [3.8, 4) is 0 Å². The average molecular weight is 303 g/mol. The Morgan fingerprint density at radius 2 is 1.73 bits per heavy atom. The lowest BCUT2D eigenvalue weighted by molar-refractivity contribution is -0.272. The van der Waals surface area contributed by atoms with Crippen LogP contribution in [0.2, 0.25) is 0 Å². The van der Waals surface area contributed by atoms with Crippen LogP contribution >= 0.6 is 0 Å². The summed E-state index contributed by atoms with van der Waals surface area (Å²) < 4.78 is 0. The summed E-state index contributed by atoms with van der Waals surface area (Å²) in [6.07, 6.45) is 3.95. The highest BCUT2D eigenvalue weighted by Gasteiger charge is 2.47. The van der Waals surface area contributed by atoms with E-state index in [-0.39, 0.29) is 6.10 Å². The first kappa shape index (κ1) is 16.7. The number of piperidine rings is 1. The van der Waals surface area contributed by atoms with Crippen LogP contribution in [0, 0.1) is 0 Å². The molecule has 0 aromatic heterocycles. The molecule has 22 heavy (non-hydrogen) atoms. The van der Waals surface area contributed by atoms with E-state index in [0.29, 0.717) is 12.8 Å². The molecule has 0 saturated carbocycles. The van der Waals surface area contributed by atoms with Gasteiger partial charge in [0.15, 0.2) is 0 Å². The number of aliphatic hydroxyl groups excluding tert-OH is 1. The van der Waals surface area contributed by atoms with Gasteiger partial charge in [0.1, 0.15) is 0 Å². The minimum Gasteiger partial charge on any atom is -0.393 e. The molecule has 0 spiro atoms. The number of hydrogen-bond donors (Lipinski definition) is 1. The van der Waals surface area contributed by atoms with E-state index in [1.54, 1.807) is 11.1 Å². The molecule has 4 nitrogen and oxygen atoms in total. The molecule has 1 N–H and O–H groups in total. The highest BCUT2D eigenvalue weighted by atomic mass is 16.7. The lowest BCUT2D eigenvalue weighted by Crippen LogP contribution is -2.62. The van der Waals surface area contributed by atoms with Crippen molar-refractivity contribution in [1.29, 1.82) is 0 Å². The average Bonchev–Trinajstić information content (AvgIpc) is 2.40. The van der Waals surface area contributed by atoms with Gasteiger partial charge in [-0.05, 0) is 52.2 Å². The molecule has 1 fully saturated rings. The van der Waals surface area contributed by atoms with Gasteiger partial charge in [-0.2, -0.15) is 0 Å². The van der Waals surface area contributed by atoms with Crippen molar-refractivity contribution in [1.82, 2.24) is 5.06 Å². The van der Waals surface area contributed by atoms with Crippen molar-refractivity contribution in [2.45, 2.75) is 57.7 Å². The lowest BCUT2D eigenvalue weighted by Gasteiger charge is -2.51. The van der Waals surface area contributed by atoms with Gasteiger partial charge in [0, 0.05) is 6.08 Å². The van der Waals surface area contributed by atoms with Gasteiger partial charge in [0.2, 0.25) is 0 Å². The minimum atomic E-state index is -0.405. The van der Waals surface area contributed by atoms with Crippen LogP contribution in [0.4, 0.5) is 0 Å². The molecule has 1 saturated heterocycles. The van der Waals surface area contributed by atoms with Crippen molar-refractivity contribution < 1.29 is 14.7 Å². The maximum atomic E-state index is 12.1. The van der Waals surface area contributed by atoms with Crippen molar-refractivity contribution in [3.63, 3.8) is 0 Å². The Balaban J connectivity index is 2.08. The third-order valence-electron chi connectivity index (χ3n) is 3.96. The number of benzene rings is 1. The number of hydrogen-bond acceptors (Lipinski definition) is 4. The van der Waals surface area contributed by atoms with Crippen molar-refractivity contribution in [2.24, 2.45) is 0 Å². The topological polar surface area (TPSA) is 49.8 Å². The predicted octanol–water partition coefficient (Wildman–Crippen LogP) is 3.17. The fourth-order valence-corrected chi connectivity index (χ4v) is 3.31. The first-order valence-electron chi connectivity index (χ1n) is 7.64. The Morgan fingerprint density at radius 3 is 2.27 bits per heavy atom. The van der Waals surface area contributed by atoms with E-state index in [9.17, 15) is 9.90 Å². The van der Waals surface area contributed by atoms with Crippen molar-refractivity contribution >= 4 is 12.0 Å². The second-order valence-electron chi connectivity index (χ2n) is 7.14. The summed E-state index contributed by atoms with van der Waals surface area (Å²) in [6.45, 7) is 7.91. The quantitative estimate of drug-likeness (QED) is 0.871. The SMILES string of the molecule is CC1(C)CC(O)CC(C)(C)N1OC(=O)/C=C/c1ccccc1. The van der Waals surface area contributed by atoms with E-state index in [2.05, 4.69) is 0 Å². The number of aliphatic hydroxyl groups is 1. The smallest absolute Gasteiger partial charge is 0.349 e. The summed E-state index contributed by atoms with van der Waals surface area (Å²) >= 11 is 0. The summed E-state index contributed by atoms with van der Waals surface area (Å²) in [5.74, 6) is -0.401. The van der Waals surface area contributed by atoms with Crippen LogP contribution in [0.25, 0.3) is 6.08 Å². The van der Waals surface area contributed by atoms with E-state index in [4.69, 9.17) is 4.84 Å². The molecular weight excluding hydrogens is 278 g/mol. The number of carbonyl (C=O) groups excluding carboxylic acids is 1. The van der Waals surface area contributed by atoms with Crippen LogP contribution < -0.4 is 0 Å². The largest absolute Gasteiger partial charge is 0.393 e. The Morgan fingerprint density at radius 1 is 1.18 bits per heavy atom. The Labute approximate surface area is 132 Å². The number of nitrogens with zero attached hydrogens (tertiary/aromatic N) is 1. The zero-order valence-electron chi connectivity index (χ0n) is 13.7. The van der Waals surface area contributed by atoms with Gasteiger partial charge in [-0.3, -0.25) is 0 Å². The van der Waals surface area contributed by atoms with Gasteiger partial charge < -0.3 is 9.94 Å². The molecule has 0 atom stereocenters. The Kier molecular flexibility index (Phi) is 4.73. The monoisotopic (exact) mass is 303 g/mol. The molecule has 0 radical (unpaired) electrons. The van der Waals surface area contributed by atoms with Crippen molar-refractivity contribution in [2.75, 3.05) is 0 Å². The van der Waals surface area contributed by atoms with E-state index in [0.717, 1.165) is 5.56 Å². The normalized spacial score (nSPS) is 21.9. The summed E-state index contributed by atoms with van der Waals surface area (Å²) in [4.78, 5) is 17.7. The summed E-state index contributed by atoms with van der Waals surface area (Å²) in [5, 5.41) is 11.7. The fraction of sp³-hybridized carbons (Fsp3) is 0.500. The van der Waals surface area contributed by atoms with Gasteiger partial charge in [0.05, 0.1) is 17.2 Å². The molecule has 120 valence electrons. The number of rotatable bonds is 3. The van der Waals surface area contributed by atoms with Crippen molar-refractivity contribution in [3.05, 3.63) is 42.0 Å². The van der Waals surface area contributed by atoms with Crippen LogP contribution in [0.5, 0.6) is 0 Å². The summed E-state index contributed by atoms with van der Waals surface area (Å²) in [5.41, 5.74) is 0.140. The Bertz CT molecular complexity index is 531. The molecule has 0 amide bonds. The van der Waals surface area contributed by atoms with Gasteiger partial charge in [-0.1, -0.05) is 30.3 Å².